The molecule has 0 aliphatic carbocycles. The molecular formula is C14H18O4S. The first-order valence-electron chi connectivity index (χ1n) is 6.41. The first-order chi connectivity index (χ1) is 8.92. The molecule has 1 saturated heterocycles. The standard InChI is InChI=1S/C14H18O4S/c1-2-14(13(15)16,11-6-4-3-5-7-11)12-8-9-19(17,18)10-12/h3-7,12H,2,8-10H2,1H3,(H,15,16). The summed E-state index contributed by atoms with van der Waals surface area (Å²) < 4.78 is 23.3. The molecule has 1 aromatic rings. The number of benzene rings is 1. The Morgan fingerprint density at radius 2 is 2.00 bits per heavy atom. The average molecular weight is 282 g/mol. The highest BCUT2D eigenvalue weighted by molar-refractivity contribution is 7.91. The van der Waals surface area contributed by atoms with E-state index in [-0.39, 0.29) is 17.4 Å². The fourth-order valence-corrected chi connectivity index (χ4v) is 4.97. The van der Waals surface area contributed by atoms with Crippen molar-refractivity contribution in [3.8, 4) is 0 Å². The summed E-state index contributed by atoms with van der Waals surface area (Å²) in [4.78, 5) is 11.9. The Labute approximate surface area is 113 Å². The monoisotopic (exact) mass is 282 g/mol. The van der Waals surface area contributed by atoms with Crippen LogP contribution < -0.4 is 0 Å². The van der Waals surface area contributed by atoms with Gasteiger partial charge in [0.15, 0.2) is 9.84 Å². The number of carboxylic acids is 1. The summed E-state index contributed by atoms with van der Waals surface area (Å²) in [6.45, 7) is 1.81. The number of carboxylic acid groups (broad SMARTS) is 1. The summed E-state index contributed by atoms with van der Waals surface area (Å²) in [7, 11) is -3.09. The van der Waals surface area contributed by atoms with Gasteiger partial charge in [-0.1, -0.05) is 37.3 Å². The summed E-state index contributed by atoms with van der Waals surface area (Å²) in [5, 5.41) is 9.71. The van der Waals surface area contributed by atoms with Crippen LogP contribution in [0.15, 0.2) is 30.3 Å². The molecule has 19 heavy (non-hydrogen) atoms. The maximum absolute atomic E-state index is 11.9. The summed E-state index contributed by atoms with van der Waals surface area (Å²) in [6.07, 6.45) is 0.823. The SMILES string of the molecule is CCC(C(=O)O)(c1ccccc1)C1CCS(=O)(=O)C1. The van der Waals surface area contributed by atoms with Gasteiger partial charge < -0.3 is 5.11 Å². The first kappa shape index (κ1) is 14.1. The van der Waals surface area contributed by atoms with E-state index in [1.54, 1.807) is 24.3 Å². The molecule has 0 spiro atoms. The quantitative estimate of drug-likeness (QED) is 0.915. The molecule has 1 heterocycles. The summed E-state index contributed by atoms with van der Waals surface area (Å²) in [6, 6.07) is 8.99. The van der Waals surface area contributed by atoms with Crippen LogP contribution in [0.2, 0.25) is 0 Å². The molecule has 1 aliphatic heterocycles. The lowest BCUT2D eigenvalue weighted by atomic mass is 9.68. The van der Waals surface area contributed by atoms with E-state index < -0.39 is 21.2 Å². The third-order valence-corrected chi connectivity index (χ3v) is 5.93. The lowest BCUT2D eigenvalue weighted by Gasteiger charge is -2.34. The Balaban J connectivity index is 2.50. The van der Waals surface area contributed by atoms with Gasteiger partial charge in [-0.3, -0.25) is 4.79 Å². The van der Waals surface area contributed by atoms with Gasteiger partial charge >= 0.3 is 5.97 Å². The van der Waals surface area contributed by atoms with Crippen molar-refractivity contribution in [2.24, 2.45) is 5.92 Å². The molecule has 0 saturated carbocycles. The normalized spacial score (nSPS) is 24.8. The van der Waals surface area contributed by atoms with E-state index in [4.69, 9.17) is 0 Å². The third-order valence-electron chi connectivity index (χ3n) is 4.16. The number of aliphatic carboxylic acids is 1. The largest absolute Gasteiger partial charge is 0.481 e. The van der Waals surface area contributed by atoms with Crippen LogP contribution in [0.1, 0.15) is 25.3 Å². The summed E-state index contributed by atoms with van der Waals surface area (Å²) in [5.74, 6) is -1.20. The predicted octanol–water partition coefficient (Wildman–Crippen LogP) is 1.85. The number of sulfone groups is 1. The molecule has 1 fully saturated rings. The van der Waals surface area contributed by atoms with Crippen molar-refractivity contribution in [1.82, 2.24) is 0 Å². The number of carbonyl (C=O) groups is 1. The van der Waals surface area contributed by atoms with E-state index in [9.17, 15) is 18.3 Å². The van der Waals surface area contributed by atoms with E-state index in [2.05, 4.69) is 0 Å². The second-order valence-corrected chi connectivity index (χ2v) is 7.32. The zero-order valence-electron chi connectivity index (χ0n) is 10.9. The van der Waals surface area contributed by atoms with Crippen LogP contribution in [-0.2, 0) is 20.0 Å². The van der Waals surface area contributed by atoms with Gasteiger partial charge in [-0.2, -0.15) is 0 Å². The van der Waals surface area contributed by atoms with E-state index in [1.165, 1.54) is 0 Å². The van der Waals surface area contributed by atoms with Crippen molar-refractivity contribution in [3.63, 3.8) is 0 Å². The molecule has 2 atom stereocenters. The van der Waals surface area contributed by atoms with Crippen LogP contribution in [0.4, 0.5) is 0 Å². The van der Waals surface area contributed by atoms with Gasteiger partial charge in [0.1, 0.15) is 0 Å². The lowest BCUT2D eigenvalue weighted by molar-refractivity contribution is -0.146. The predicted molar refractivity (Wildman–Crippen MR) is 72.8 cm³/mol. The molecule has 0 radical (unpaired) electrons. The van der Waals surface area contributed by atoms with Gasteiger partial charge in [-0.05, 0) is 24.3 Å². The van der Waals surface area contributed by atoms with Crippen molar-refractivity contribution in [3.05, 3.63) is 35.9 Å². The fourth-order valence-electron chi connectivity index (χ4n) is 3.10. The Kier molecular flexibility index (Phi) is 3.67. The first-order valence-corrected chi connectivity index (χ1v) is 8.24. The molecule has 0 amide bonds. The number of rotatable bonds is 4. The highest BCUT2D eigenvalue weighted by Crippen LogP contribution is 2.41. The van der Waals surface area contributed by atoms with Gasteiger partial charge in [0.2, 0.25) is 0 Å². The molecule has 1 N–H and O–H groups in total. The molecule has 2 unspecified atom stereocenters. The lowest BCUT2D eigenvalue weighted by Crippen LogP contribution is -2.43. The summed E-state index contributed by atoms with van der Waals surface area (Å²) in [5.41, 5.74) is -0.391. The Morgan fingerprint density at radius 1 is 1.37 bits per heavy atom. The molecule has 0 bridgehead atoms. The Morgan fingerprint density at radius 3 is 2.42 bits per heavy atom. The minimum atomic E-state index is -3.09. The molecule has 5 heteroatoms. The minimum Gasteiger partial charge on any atom is -0.481 e. The minimum absolute atomic E-state index is 0.0258. The molecular weight excluding hydrogens is 264 g/mol. The van der Waals surface area contributed by atoms with Gasteiger partial charge in [0, 0.05) is 0 Å². The fraction of sp³-hybridized carbons (Fsp3) is 0.500. The Bertz CT molecular complexity index is 564. The maximum atomic E-state index is 11.9. The van der Waals surface area contributed by atoms with Crippen LogP contribution in [0.5, 0.6) is 0 Å². The van der Waals surface area contributed by atoms with E-state index in [0.717, 1.165) is 0 Å². The molecule has 1 aromatic carbocycles. The van der Waals surface area contributed by atoms with Gasteiger partial charge in [-0.25, -0.2) is 8.42 Å². The van der Waals surface area contributed by atoms with E-state index in [1.807, 2.05) is 13.0 Å². The van der Waals surface area contributed by atoms with Crippen LogP contribution in [0, 0.1) is 5.92 Å². The van der Waals surface area contributed by atoms with Crippen molar-refractivity contribution in [2.75, 3.05) is 11.5 Å². The smallest absolute Gasteiger partial charge is 0.314 e. The van der Waals surface area contributed by atoms with Gasteiger partial charge in [0.05, 0.1) is 16.9 Å². The number of hydrogen-bond acceptors (Lipinski definition) is 3. The molecule has 1 aliphatic rings. The van der Waals surface area contributed by atoms with Crippen molar-refractivity contribution >= 4 is 15.8 Å². The molecule has 2 rings (SSSR count). The molecule has 104 valence electrons. The van der Waals surface area contributed by atoms with Crippen molar-refractivity contribution < 1.29 is 18.3 Å². The topological polar surface area (TPSA) is 71.4 Å². The van der Waals surface area contributed by atoms with Gasteiger partial charge in [0.25, 0.3) is 0 Å². The van der Waals surface area contributed by atoms with Gasteiger partial charge in [-0.15, -0.1) is 0 Å². The van der Waals surface area contributed by atoms with Crippen LogP contribution >= 0.6 is 0 Å². The highest BCUT2D eigenvalue weighted by Gasteiger charge is 2.49. The average Bonchev–Trinajstić information content (AvgIpc) is 2.73. The highest BCUT2D eigenvalue weighted by atomic mass is 32.2. The van der Waals surface area contributed by atoms with Crippen molar-refractivity contribution in [2.45, 2.75) is 25.2 Å². The number of hydrogen-bond donors (Lipinski definition) is 1. The summed E-state index contributed by atoms with van der Waals surface area (Å²) >= 11 is 0. The zero-order valence-corrected chi connectivity index (χ0v) is 11.7. The van der Waals surface area contributed by atoms with Crippen LogP contribution in [-0.4, -0.2) is 31.0 Å². The molecule has 0 aromatic heterocycles. The maximum Gasteiger partial charge on any atom is 0.314 e. The zero-order chi connectivity index (χ0) is 14.1. The van der Waals surface area contributed by atoms with E-state index >= 15 is 0 Å². The second kappa shape index (κ2) is 4.96. The second-order valence-electron chi connectivity index (χ2n) is 5.10. The molecule has 4 nitrogen and oxygen atoms in total. The van der Waals surface area contributed by atoms with Crippen molar-refractivity contribution in [1.29, 1.82) is 0 Å². The van der Waals surface area contributed by atoms with Crippen LogP contribution in [0.25, 0.3) is 0 Å². The van der Waals surface area contributed by atoms with E-state index in [0.29, 0.717) is 18.4 Å². The Hall–Kier alpha value is -1.36. The van der Waals surface area contributed by atoms with Crippen LogP contribution in [0.3, 0.4) is 0 Å². The third kappa shape index (κ3) is 2.39.